The molecule has 0 heterocycles. The lowest BCUT2D eigenvalue weighted by atomic mass is 10.3. The lowest BCUT2D eigenvalue weighted by molar-refractivity contribution is 0.570. The predicted molar refractivity (Wildman–Crippen MR) is 76.4 cm³/mol. The Morgan fingerprint density at radius 1 is 1.16 bits per heavy atom. The second-order valence-electron chi connectivity index (χ2n) is 3.66. The third-order valence-electron chi connectivity index (χ3n) is 2.30. The first-order valence-electron chi connectivity index (χ1n) is 5.12. The van der Waals surface area contributed by atoms with E-state index in [4.69, 9.17) is 11.6 Å². The Morgan fingerprint density at radius 3 is 2.47 bits per heavy atom. The van der Waals surface area contributed by atoms with E-state index in [2.05, 4.69) is 20.7 Å². The lowest BCUT2D eigenvalue weighted by Gasteiger charge is -2.10. The first-order valence-corrected chi connectivity index (χ1v) is 7.78. The molecule has 0 bridgehead atoms. The highest BCUT2D eigenvalue weighted by Crippen LogP contribution is 2.28. The molecule has 1 N–H and O–H groups in total. The van der Waals surface area contributed by atoms with Crippen LogP contribution in [-0.2, 0) is 10.0 Å². The summed E-state index contributed by atoms with van der Waals surface area (Å²) >= 11 is 9.12. The maximum atomic E-state index is 13.5. The number of halogens is 3. The number of hydrogen-bond acceptors (Lipinski definition) is 2. The van der Waals surface area contributed by atoms with Gasteiger partial charge in [-0.2, -0.15) is 0 Å². The molecule has 3 nitrogen and oxygen atoms in total. The fourth-order valence-corrected chi connectivity index (χ4v) is 3.37. The largest absolute Gasteiger partial charge is 0.278 e. The van der Waals surface area contributed by atoms with Crippen molar-refractivity contribution in [2.24, 2.45) is 0 Å². The van der Waals surface area contributed by atoms with E-state index in [-0.39, 0.29) is 10.7 Å². The molecule has 0 atom stereocenters. The van der Waals surface area contributed by atoms with Gasteiger partial charge in [-0.1, -0.05) is 39.7 Å². The highest BCUT2D eigenvalue weighted by molar-refractivity contribution is 9.10. The molecule has 0 aliphatic heterocycles. The molecule has 2 aromatic rings. The van der Waals surface area contributed by atoms with Crippen LogP contribution in [0.25, 0.3) is 0 Å². The van der Waals surface area contributed by atoms with E-state index in [9.17, 15) is 12.8 Å². The van der Waals surface area contributed by atoms with Gasteiger partial charge in [0.15, 0.2) is 0 Å². The van der Waals surface area contributed by atoms with Gasteiger partial charge >= 0.3 is 0 Å². The fraction of sp³-hybridized carbons (Fsp3) is 0. The van der Waals surface area contributed by atoms with E-state index in [0.717, 1.165) is 6.07 Å². The van der Waals surface area contributed by atoms with Crippen LogP contribution in [0.5, 0.6) is 0 Å². The van der Waals surface area contributed by atoms with Crippen molar-refractivity contribution in [3.8, 4) is 0 Å². The number of benzene rings is 2. The molecule has 0 spiro atoms. The van der Waals surface area contributed by atoms with E-state index >= 15 is 0 Å². The minimum atomic E-state index is -4.00. The highest BCUT2D eigenvalue weighted by Gasteiger charge is 2.19. The van der Waals surface area contributed by atoms with Crippen molar-refractivity contribution in [3.63, 3.8) is 0 Å². The zero-order valence-electron chi connectivity index (χ0n) is 9.40. The van der Waals surface area contributed by atoms with Gasteiger partial charge in [0.05, 0.1) is 10.7 Å². The first-order chi connectivity index (χ1) is 8.90. The number of rotatable bonds is 3. The monoisotopic (exact) mass is 363 g/mol. The number of hydrogen-bond donors (Lipinski definition) is 1. The molecule has 0 aliphatic rings. The fourth-order valence-electron chi connectivity index (χ4n) is 1.43. The molecule has 0 aromatic heterocycles. The SMILES string of the molecule is O=S(=O)(Nc1ccc(Br)cc1Cl)c1ccccc1F. The number of nitrogens with one attached hydrogen (secondary N) is 1. The third kappa shape index (κ3) is 3.26. The average Bonchev–Trinajstić information content (AvgIpc) is 2.33. The Bertz CT molecular complexity index is 721. The van der Waals surface area contributed by atoms with Crippen molar-refractivity contribution in [1.82, 2.24) is 0 Å². The van der Waals surface area contributed by atoms with Crippen LogP contribution < -0.4 is 4.72 Å². The van der Waals surface area contributed by atoms with E-state index in [1.165, 1.54) is 24.3 Å². The summed E-state index contributed by atoms with van der Waals surface area (Å²) in [6.07, 6.45) is 0. The molecule has 0 unspecified atom stereocenters. The topological polar surface area (TPSA) is 46.2 Å². The maximum absolute atomic E-state index is 13.5. The molecule has 7 heteroatoms. The highest BCUT2D eigenvalue weighted by atomic mass is 79.9. The number of anilines is 1. The van der Waals surface area contributed by atoms with Gasteiger partial charge in [-0.3, -0.25) is 4.72 Å². The Morgan fingerprint density at radius 2 is 1.84 bits per heavy atom. The standard InChI is InChI=1S/C12H8BrClFNO2S/c13-8-5-6-11(9(14)7-8)16-19(17,18)12-4-2-1-3-10(12)15/h1-7,16H. The normalized spacial score (nSPS) is 11.3. The minimum Gasteiger partial charge on any atom is -0.278 e. The van der Waals surface area contributed by atoms with Crippen LogP contribution in [0.3, 0.4) is 0 Å². The Labute approximate surface area is 123 Å². The second-order valence-corrected chi connectivity index (χ2v) is 6.63. The summed E-state index contributed by atoms with van der Waals surface area (Å²) in [6, 6.07) is 9.79. The van der Waals surface area contributed by atoms with Crippen molar-refractivity contribution >= 4 is 43.2 Å². The zero-order valence-corrected chi connectivity index (χ0v) is 12.6. The maximum Gasteiger partial charge on any atom is 0.264 e. The van der Waals surface area contributed by atoms with Crippen LogP contribution in [0.1, 0.15) is 0 Å². The van der Waals surface area contributed by atoms with Gasteiger partial charge in [-0.15, -0.1) is 0 Å². The molecule has 2 rings (SSSR count). The molecule has 19 heavy (non-hydrogen) atoms. The van der Waals surface area contributed by atoms with Crippen LogP contribution in [0.4, 0.5) is 10.1 Å². The van der Waals surface area contributed by atoms with E-state index in [1.807, 2.05) is 0 Å². The summed E-state index contributed by atoms with van der Waals surface area (Å²) in [4.78, 5) is -0.422. The molecule has 0 fully saturated rings. The Balaban J connectivity index is 2.40. The lowest BCUT2D eigenvalue weighted by Crippen LogP contribution is -2.14. The van der Waals surface area contributed by atoms with E-state index in [0.29, 0.717) is 4.47 Å². The van der Waals surface area contributed by atoms with Gasteiger partial charge in [0.25, 0.3) is 10.0 Å². The van der Waals surface area contributed by atoms with E-state index in [1.54, 1.807) is 12.1 Å². The first kappa shape index (κ1) is 14.3. The predicted octanol–water partition coefficient (Wildman–Crippen LogP) is 4.04. The molecule has 2 aromatic carbocycles. The minimum absolute atomic E-state index is 0.188. The van der Waals surface area contributed by atoms with Crippen LogP contribution in [0.15, 0.2) is 51.8 Å². The quantitative estimate of drug-likeness (QED) is 0.893. The van der Waals surface area contributed by atoms with Crippen molar-refractivity contribution in [3.05, 3.63) is 57.8 Å². The molecule has 100 valence electrons. The summed E-state index contributed by atoms with van der Waals surface area (Å²) in [5, 5.41) is 0.217. The molecule has 0 saturated heterocycles. The van der Waals surface area contributed by atoms with E-state index < -0.39 is 20.7 Å². The molecule has 0 radical (unpaired) electrons. The molecular formula is C12H8BrClFNO2S. The Kier molecular flexibility index (Phi) is 4.13. The van der Waals surface area contributed by atoms with Crippen LogP contribution >= 0.6 is 27.5 Å². The molecule has 0 amide bonds. The van der Waals surface area contributed by atoms with Crippen LogP contribution in [-0.4, -0.2) is 8.42 Å². The number of sulfonamides is 1. The van der Waals surface area contributed by atoms with Gasteiger partial charge in [0.2, 0.25) is 0 Å². The third-order valence-corrected chi connectivity index (χ3v) is 4.51. The van der Waals surface area contributed by atoms with Gasteiger partial charge < -0.3 is 0 Å². The Hall–Kier alpha value is -1.11. The summed E-state index contributed by atoms with van der Waals surface area (Å²) < 4.78 is 40.5. The van der Waals surface area contributed by atoms with Crippen LogP contribution in [0.2, 0.25) is 5.02 Å². The summed E-state index contributed by atoms with van der Waals surface area (Å²) in [6.45, 7) is 0. The van der Waals surface area contributed by atoms with Gasteiger partial charge in [0.1, 0.15) is 10.7 Å². The molecule has 0 aliphatic carbocycles. The second kappa shape index (κ2) is 5.48. The smallest absolute Gasteiger partial charge is 0.264 e. The summed E-state index contributed by atoms with van der Waals surface area (Å²) in [7, 11) is -4.00. The summed E-state index contributed by atoms with van der Waals surface area (Å²) in [5.74, 6) is -0.816. The van der Waals surface area contributed by atoms with Gasteiger partial charge in [-0.05, 0) is 30.3 Å². The van der Waals surface area contributed by atoms with Crippen molar-refractivity contribution in [2.75, 3.05) is 4.72 Å². The van der Waals surface area contributed by atoms with Crippen molar-refractivity contribution in [2.45, 2.75) is 4.90 Å². The van der Waals surface area contributed by atoms with Crippen molar-refractivity contribution in [1.29, 1.82) is 0 Å². The molecule has 0 saturated carbocycles. The van der Waals surface area contributed by atoms with Gasteiger partial charge in [0, 0.05) is 4.47 Å². The van der Waals surface area contributed by atoms with Crippen molar-refractivity contribution < 1.29 is 12.8 Å². The van der Waals surface area contributed by atoms with Gasteiger partial charge in [-0.25, -0.2) is 12.8 Å². The summed E-state index contributed by atoms with van der Waals surface area (Å²) in [5.41, 5.74) is 0.188. The average molecular weight is 365 g/mol. The van der Waals surface area contributed by atoms with Crippen LogP contribution in [0, 0.1) is 5.82 Å². The zero-order chi connectivity index (χ0) is 14.0. The molecular weight excluding hydrogens is 357 g/mol.